The van der Waals surface area contributed by atoms with E-state index >= 15 is 0 Å². The van der Waals surface area contributed by atoms with Gasteiger partial charge in [0.05, 0.1) is 13.2 Å². The second-order valence-electron chi connectivity index (χ2n) is 3.92. The van der Waals surface area contributed by atoms with Gasteiger partial charge in [-0.2, -0.15) is 0 Å². The van der Waals surface area contributed by atoms with Gasteiger partial charge in [0.15, 0.2) is 6.29 Å². The van der Waals surface area contributed by atoms with E-state index in [2.05, 4.69) is 0 Å². The van der Waals surface area contributed by atoms with Crippen molar-refractivity contribution in [3.63, 3.8) is 0 Å². The molecule has 0 radical (unpaired) electrons. The summed E-state index contributed by atoms with van der Waals surface area (Å²) < 4.78 is 10.3. The van der Waals surface area contributed by atoms with E-state index in [4.69, 9.17) is 9.47 Å². The Morgan fingerprint density at radius 2 is 1.73 bits per heavy atom. The number of hydrogen-bond acceptors (Lipinski definition) is 3. The standard InChI is InChI=1S/C8H16O3/c1-8(2,3)6(9)7-10-4-5-11-7/h6-7,9H,4-5H2,1-3H3. The molecule has 66 valence electrons. The van der Waals surface area contributed by atoms with Crippen LogP contribution in [0.3, 0.4) is 0 Å². The molecule has 1 heterocycles. The van der Waals surface area contributed by atoms with Crippen LogP contribution in [0.4, 0.5) is 0 Å². The van der Waals surface area contributed by atoms with Gasteiger partial charge in [0.25, 0.3) is 0 Å². The van der Waals surface area contributed by atoms with Crippen LogP contribution in [0.25, 0.3) is 0 Å². The fraction of sp³-hybridized carbons (Fsp3) is 1.00. The number of rotatable bonds is 1. The first kappa shape index (κ1) is 8.97. The molecule has 0 amide bonds. The lowest BCUT2D eigenvalue weighted by Gasteiger charge is -2.29. The van der Waals surface area contributed by atoms with Crippen molar-refractivity contribution in [2.75, 3.05) is 13.2 Å². The second kappa shape index (κ2) is 3.09. The maximum Gasteiger partial charge on any atom is 0.184 e. The van der Waals surface area contributed by atoms with Crippen LogP contribution in [0.15, 0.2) is 0 Å². The number of aliphatic hydroxyl groups excluding tert-OH is 1. The molecular formula is C8H16O3. The van der Waals surface area contributed by atoms with Gasteiger partial charge in [-0.1, -0.05) is 20.8 Å². The van der Waals surface area contributed by atoms with E-state index < -0.39 is 12.4 Å². The molecule has 1 saturated heterocycles. The van der Waals surface area contributed by atoms with Crippen LogP contribution in [0, 0.1) is 5.41 Å². The monoisotopic (exact) mass is 160 g/mol. The summed E-state index contributed by atoms with van der Waals surface area (Å²) in [5.41, 5.74) is -0.172. The third kappa shape index (κ3) is 2.15. The largest absolute Gasteiger partial charge is 0.387 e. The van der Waals surface area contributed by atoms with Crippen molar-refractivity contribution in [2.24, 2.45) is 5.41 Å². The van der Waals surface area contributed by atoms with E-state index in [0.717, 1.165) is 0 Å². The lowest BCUT2D eigenvalue weighted by molar-refractivity contribution is -0.153. The number of hydrogen-bond donors (Lipinski definition) is 1. The third-order valence-electron chi connectivity index (χ3n) is 1.79. The molecule has 0 aromatic carbocycles. The molecule has 0 saturated carbocycles. The third-order valence-corrected chi connectivity index (χ3v) is 1.79. The van der Waals surface area contributed by atoms with Crippen LogP contribution >= 0.6 is 0 Å². The van der Waals surface area contributed by atoms with Crippen LogP contribution in [0.2, 0.25) is 0 Å². The molecule has 11 heavy (non-hydrogen) atoms. The predicted octanol–water partition coefficient (Wildman–Crippen LogP) is 0.766. The van der Waals surface area contributed by atoms with Crippen molar-refractivity contribution in [2.45, 2.75) is 33.2 Å². The highest BCUT2D eigenvalue weighted by molar-refractivity contribution is 4.77. The topological polar surface area (TPSA) is 38.7 Å². The molecule has 0 aliphatic carbocycles. The SMILES string of the molecule is CC(C)(C)C(O)C1OCCO1. The van der Waals surface area contributed by atoms with E-state index in [1.54, 1.807) is 0 Å². The van der Waals surface area contributed by atoms with Crippen molar-refractivity contribution >= 4 is 0 Å². The van der Waals surface area contributed by atoms with E-state index in [0.29, 0.717) is 13.2 Å². The average Bonchev–Trinajstić information content (AvgIpc) is 2.34. The maximum absolute atomic E-state index is 9.64. The summed E-state index contributed by atoms with van der Waals surface area (Å²) in [5.74, 6) is 0. The summed E-state index contributed by atoms with van der Waals surface area (Å²) >= 11 is 0. The first-order valence-corrected chi connectivity index (χ1v) is 3.93. The fourth-order valence-corrected chi connectivity index (χ4v) is 0.967. The molecule has 3 heteroatoms. The highest BCUT2D eigenvalue weighted by Gasteiger charge is 2.33. The molecular weight excluding hydrogens is 144 g/mol. The van der Waals surface area contributed by atoms with Crippen molar-refractivity contribution in [1.29, 1.82) is 0 Å². The molecule has 1 fully saturated rings. The van der Waals surface area contributed by atoms with Crippen molar-refractivity contribution in [3.05, 3.63) is 0 Å². The Balaban J connectivity index is 2.46. The van der Waals surface area contributed by atoms with E-state index in [9.17, 15) is 5.11 Å². The summed E-state index contributed by atoms with van der Waals surface area (Å²) in [6.45, 7) is 7.07. The summed E-state index contributed by atoms with van der Waals surface area (Å²) in [7, 11) is 0. The zero-order valence-electron chi connectivity index (χ0n) is 7.33. The van der Waals surface area contributed by atoms with E-state index in [1.165, 1.54) is 0 Å². The molecule has 0 bridgehead atoms. The Hall–Kier alpha value is -0.120. The van der Waals surface area contributed by atoms with Crippen LogP contribution in [-0.4, -0.2) is 30.7 Å². The highest BCUT2D eigenvalue weighted by Crippen LogP contribution is 2.25. The number of aliphatic hydroxyl groups is 1. The molecule has 1 aliphatic heterocycles. The zero-order valence-corrected chi connectivity index (χ0v) is 7.33. The van der Waals surface area contributed by atoms with Crippen LogP contribution in [-0.2, 0) is 9.47 Å². The molecule has 0 aromatic heterocycles. The second-order valence-corrected chi connectivity index (χ2v) is 3.92. The Labute approximate surface area is 67.3 Å². The first-order valence-electron chi connectivity index (χ1n) is 3.93. The predicted molar refractivity (Wildman–Crippen MR) is 41.2 cm³/mol. The van der Waals surface area contributed by atoms with Gasteiger partial charge in [0, 0.05) is 0 Å². The normalized spacial score (nSPS) is 24.0. The summed E-state index contributed by atoms with van der Waals surface area (Å²) in [6, 6.07) is 0. The molecule has 0 aromatic rings. The zero-order chi connectivity index (χ0) is 8.48. The van der Waals surface area contributed by atoms with Gasteiger partial charge in [-0.15, -0.1) is 0 Å². The first-order chi connectivity index (χ1) is 5.02. The van der Waals surface area contributed by atoms with Gasteiger partial charge >= 0.3 is 0 Å². The van der Waals surface area contributed by atoms with E-state index in [1.807, 2.05) is 20.8 Å². The smallest absolute Gasteiger partial charge is 0.184 e. The minimum atomic E-state index is -0.537. The molecule has 0 spiro atoms. The Bertz CT molecular complexity index is 122. The van der Waals surface area contributed by atoms with Crippen molar-refractivity contribution in [1.82, 2.24) is 0 Å². The van der Waals surface area contributed by atoms with Gasteiger partial charge in [0.2, 0.25) is 0 Å². The molecule has 3 nitrogen and oxygen atoms in total. The van der Waals surface area contributed by atoms with Crippen LogP contribution in [0.1, 0.15) is 20.8 Å². The molecule has 1 unspecified atom stereocenters. The van der Waals surface area contributed by atoms with Gasteiger partial charge in [-0.25, -0.2) is 0 Å². The minimum Gasteiger partial charge on any atom is -0.387 e. The van der Waals surface area contributed by atoms with Crippen LogP contribution < -0.4 is 0 Å². The minimum absolute atomic E-state index is 0.172. The Morgan fingerprint density at radius 1 is 1.27 bits per heavy atom. The molecule has 1 rings (SSSR count). The highest BCUT2D eigenvalue weighted by atomic mass is 16.7. The Morgan fingerprint density at radius 3 is 2.09 bits per heavy atom. The fourth-order valence-electron chi connectivity index (χ4n) is 0.967. The number of ether oxygens (including phenoxy) is 2. The molecule has 1 aliphatic rings. The van der Waals surface area contributed by atoms with Crippen LogP contribution in [0.5, 0.6) is 0 Å². The molecule has 1 N–H and O–H groups in total. The van der Waals surface area contributed by atoms with Gasteiger partial charge in [-0.05, 0) is 5.41 Å². The quantitative estimate of drug-likeness (QED) is 0.615. The van der Waals surface area contributed by atoms with Gasteiger partial charge < -0.3 is 14.6 Å². The van der Waals surface area contributed by atoms with Gasteiger partial charge in [-0.3, -0.25) is 0 Å². The van der Waals surface area contributed by atoms with Crippen molar-refractivity contribution in [3.8, 4) is 0 Å². The lowest BCUT2D eigenvalue weighted by Crippen LogP contribution is -2.38. The Kier molecular flexibility index (Phi) is 2.52. The average molecular weight is 160 g/mol. The summed E-state index contributed by atoms with van der Waals surface area (Å²) in [4.78, 5) is 0. The van der Waals surface area contributed by atoms with Crippen molar-refractivity contribution < 1.29 is 14.6 Å². The maximum atomic E-state index is 9.64. The van der Waals surface area contributed by atoms with Gasteiger partial charge in [0.1, 0.15) is 6.10 Å². The summed E-state index contributed by atoms with van der Waals surface area (Å²) in [5, 5.41) is 9.64. The lowest BCUT2D eigenvalue weighted by atomic mass is 9.89. The van der Waals surface area contributed by atoms with E-state index in [-0.39, 0.29) is 5.41 Å². The molecule has 1 atom stereocenters. The summed E-state index contributed by atoms with van der Waals surface area (Å²) in [6.07, 6.45) is -0.958.